The van der Waals surface area contributed by atoms with Gasteiger partial charge in [-0.3, -0.25) is 29.1 Å². The van der Waals surface area contributed by atoms with Gasteiger partial charge in [0.1, 0.15) is 34.8 Å². The van der Waals surface area contributed by atoms with Gasteiger partial charge in [-0.05, 0) is 64.0 Å². The minimum Gasteiger partial charge on any atom is -0.483 e. The number of nitro benzene ring substituents is 1. The van der Waals surface area contributed by atoms with Gasteiger partial charge >= 0.3 is 0 Å². The minimum absolute atomic E-state index is 0.0766. The Morgan fingerprint density at radius 2 is 0.966 bits per heavy atom. The summed E-state index contributed by atoms with van der Waals surface area (Å²) < 4.78 is 70.9. The van der Waals surface area contributed by atoms with Crippen molar-refractivity contribution in [2.24, 2.45) is 0 Å². The average molecular weight is 832 g/mol. The number of aromatic nitrogens is 2. The fourth-order valence-corrected chi connectivity index (χ4v) is 8.60. The van der Waals surface area contributed by atoms with Crippen LogP contribution in [0.5, 0.6) is 11.5 Å². The molecular weight excluding hydrogens is 803 g/mol. The highest BCUT2D eigenvalue weighted by atomic mass is 32.2. The van der Waals surface area contributed by atoms with Crippen LogP contribution in [0.25, 0.3) is 32.7 Å². The Morgan fingerprint density at radius 1 is 0.542 bits per heavy atom. The minimum atomic E-state index is -4.72. The average Bonchev–Trinajstić information content (AvgIpc) is 3.21. The monoisotopic (exact) mass is 831 g/mol. The Kier molecular flexibility index (Phi) is 9.96. The predicted molar refractivity (Wildman–Crippen MR) is 218 cm³/mol. The SMILES string of the molecule is O=C1COc2ccc3ccccc3c2-c2c(ccc3ccccc23)OCC(=O)Nc2cccc(n2)NS(=O)(=O)c2cc([N+](=O)[O-])cc(c2)S(=O)(=O)Nc2cccc(n2)N1. The number of non-ortho nitro benzene ring substituents is 1. The van der Waals surface area contributed by atoms with Crippen LogP contribution < -0.4 is 29.6 Å². The van der Waals surface area contributed by atoms with E-state index in [1.165, 1.54) is 36.4 Å². The van der Waals surface area contributed by atoms with E-state index in [1.54, 1.807) is 12.1 Å². The molecular formula is C40H29N7O10S2. The number of fused-ring (bicyclic) bond motifs is 13. The lowest BCUT2D eigenvalue weighted by Gasteiger charge is -2.19. The molecule has 7 aromatic rings. The molecule has 2 amide bonds. The van der Waals surface area contributed by atoms with E-state index in [1.807, 2.05) is 60.7 Å². The third kappa shape index (κ3) is 8.13. The molecule has 0 atom stereocenters. The lowest BCUT2D eigenvalue weighted by atomic mass is 9.92. The third-order valence-electron chi connectivity index (χ3n) is 8.96. The predicted octanol–water partition coefficient (Wildman–Crippen LogP) is 6.31. The first kappa shape index (κ1) is 38.2. The maximum Gasteiger partial charge on any atom is 0.272 e. The molecule has 0 spiro atoms. The van der Waals surface area contributed by atoms with Crippen molar-refractivity contribution < 1.29 is 40.8 Å². The summed E-state index contributed by atoms with van der Waals surface area (Å²) in [5.41, 5.74) is 0.306. The Bertz CT molecular complexity index is 2890. The Labute approximate surface area is 335 Å². The van der Waals surface area contributed by atoms with Crippen LogP contribution in [0.15, 0.2) is 137 Å². The molecule has 17 nitrogen and oxygen atoms in total. The van der Waals surface area contributed by atoms with Crippen LogP contribution in [-0.4, -0.2) is 56.8 Å². The molecule has 3 heterocycles. The lowest BCUT2D eigenvalue weighted by Crippen LogP contribution is -2.22. The zero-order chi connectivity index (χ0) is 41.3. The first-order valence-corrected chi connectivity index (χ1v) is 20.5. The van der Waals surface area contributed by atoms with Gasteiger partial charge < -0.3 is 20.1 Å². The fraction of sp³-hybridized carbons (Fsp3) is 0.0500. The number of ether oxygens (including phenoxy) is 2. The van der Waals surface area contributed by atoms with Gasteiger partial charge in [-0.2, -0.15) is 0 Å². The summed E-state index contributed by atoms with van der Waals surface area (Å²) >= 11 is 0. The summed E-state index contributed by atoms with van der Waals surface area (Å²) in [5, 5.41) is 20.2. The van der Waals surface area contributed by atoms with Crippen LogP contribution in [0.4, 0.5) is 29.0 Å². The van der Waals surface area contributed by atoms with Crippen molar-refractivity contribution in [3.63, 3.8) is 0 Å². The molecule has 19 heteroatoms. The largest absolute Gasteiger partial charge is 0.483 e. The lowest BCUT2D eigenvalue weighted by molar-refractivity contribution is -0.385. The molecule has 5 aromatic carbocycles. The maximum absolute atomic E-state index is 13.6. The number of pyridine rings is 2. The van der Waals surface area contributed by atoms with Gasteiger partial charge in [-0.1, -0.05) is 72.8 Å². The Morgan fingerprint density at radius 3 is 1.41 bits per heavy atom. The number of hydrogen-bond donors (Lipinski definition) is 4. The third-order valence-corrected chi connectivity index (χ3v) is 11.6. The van der Waals surface area contributed by atoms with Crippen molar-refractivity contribution in [2.45, 2.75) is 9.79 Å². The maximum atomic E-state index is 13.6. The molecule has 0 radical (unpaired) electrons. The molecule has 4 N–H and O–H groups in total. The molecule has 1 aliphatic rings. The standard InChI is InChI=1S/C40H29N7O10S2/c48-37-22-56-31-17-15-24-7-1-3-9-29(24)39(31)40-30-10-4-2-8-25(30)16-18-32(40)57-23-38(49)44-34-12-6-14-36(42-34)46-59(54,55)28-20-26(47(50)51)19-27(21-28)58(52,53)45-35-13-5-11-33(41-35)43-37/h1-21H,22-23H2,(H2,41,43,45,48)(H2,42,44,46,49). The number of anilines is 4. The molecule has 8 rings (SSSR count). The number of sulfonamides is 2. The number of nitrogens with one attached hydrogen (secondary N) is 4. The van der Waals surface area contributed by atoms with Crippen LogP contribution in [0.2, 0.25) is 0 Å². The number of carbonyl (C=O) groups is 2. The van der Waals surface area contributed by atoms with E-state index < -0.39 is 65.5 Å². The van der Waals surface area contributed by atoms with Gasteiger partial charge in [0.15, 0.2) is 13.2 Å². The van der Waals surface area contributed by atoms with Gasteiger partial charge in [-0.25, -0.2) is 26.8 Å². The molecule has 0 saturated heterocycles. The van der Waals surface area contributed by atoms with Crippen LogP contribution in [0.1, 0.15) is 0 Å². The number of benzene rings is 5. The summed E-state index contributed by atoms with van der Waals surface area (Å²) in [6, 6.07) is 32.4. The van der Waals surface area contributed by atoms with Crippen molar-refractivity contribution in [1.82, 2.24) is 9.97 Å². The molecule has 0 saturated carbocycles. The first-order valence-electron chi connectivity index (χ1n) is 17.5. The second kappa shape index (κ2) is 15.4. The summed E-state index contributed by atoms with van der Waals surface area (Å²) in [5.74, 6) is -1.45. The fourth-order valence-electron chi connectivity index (χ4n) is 6.39. The zero-order valence-corrected chi connectivity index (χ0v) is 31.9. The molecule has 1 aliphatic heterocycles. The molecule has 0 fully saturated rings. The van der Waals surface area contributed by atoms with E-state index in [0.717, 1.165) is 21.5 Å². The zero-order valence-electron chi connectivity index (χ0n) is 30.3. The van der Waals surface area contributed by atoms with E-state index >= 15 is 0 Å². The second-order valence-electron chi connectivity index (χ2n) is 12.9. The van der Waals surface area contributed by atoms with E-state index in [9.17, 15) is 36.5 Å². The number of amides is 2. The van der Waals surface area contributed by atoms with Gasteiger partial charge in [0.05, 0.1) is 14.7 Å². The number of rotatable bonds is 1. The van der Waals surface area contributed by atoms with Gasteiger partial charge in [0.2, 0.25) is 0 Å². The van der Waals surface area contributed by atoms with E-state index in [-0.39, 0.29) is 23.3 Å². The van der Waals surface area contributed by atoms with E-state index in [0.29, 0.717) is 40.8 Å². The smallest absolute Gasteiger partial charge is 0.272 e. The highest BCUT2D eigenvalue weighted by molar-refractivity contribution is 7.93. The van der Waals surface area contributed by atoms with Crippen molar-refractivity contribution in [2.75, 3.05) is 33.3 Å². The van der Waals surface area contributed by atoms with Crippen LogP contribution in [0, 0.1) is 10.1 Å². The van der Waals surface area contributed by atoms with Crippen LogP contribution in [-0.2, 0) is 29.6 Å². The van der Waals surface area contributed by atoms with Crippen molar-refractivity contribution in [1.29, 1.82) is 0 Å². The summed E-state index contributed by atoms with van der Waals surface area (Å²) in [6.45, 7) is -1.03. The highest BCUT2D eigenvalue weighted by Crippen LogP contribution is 2.45. The quantitative estimate of drug-likeness (QED) is 0.105. The van der Waals surface area contributed by atoms with Gasteiger partial charge in [0, 0.05) is 23.3 Å². The van der Waals surface area contributed by atoms with Crippen LogP contribution in [0.3, 0.4) is 0 Å². The van der Waals surface area contributed by atoms with Crippen LogP contribution >= 0.6 is 0 Å². The molecule has 296 valence electrons. The Balaban J connectivity index is 1.24. The second-order valence-corrected chi connectivity index (χ2v) is 16.3. The molecule has 0 aliphatic carbocycles. The van der Waals surface area contributed by atoms with Crippen molar-refractivity contribution in [3.05, 3.63) is 138 Å². The highest BCUT2D eigenvalue weighted by Gasteiger charge is 2.27. The normalized spacial score (nSPS) is 15.2. The van der Waals surface area contributed by atoms with E-state index in [2.05, 4.69) is 30.0 Å². The summed E-state index contributed by atoms with van der Waals surface area (Å²) in [4.78, 5) is 44.3. The first-order chi connectivity index (χ1) is 28.3. The van der Waals surface area contributed by atoms with Crippen molar-refractivity contribution >= 4 is 82.4 Å². The van der Waals surface area contributed by atoms with Crippen molar-refractivity contribution in [3.8, 4) is 22.6 Å². The molecule has 2 aromatic heterocycles. The number of carbonyl (C=O) groups excluding carboxylic acids is 2. The summed E-state index contributed by atoms with van der Waals surface area (Å²) in [7, 11) is -9.44. The molecule has 0 unspecified atom stereocenters. The van der Waals surface area contributed by atoms with E-state index in [4.69, 9.17) is 9.47 Å². The number of nitro groups is 1. The Hall–Kier alpha value is -7.64. The molecule has 59 heavy (non-hydrogen) atoms. The number of nitrogens with zero attached hydrogens (tertiary/aromatic N) is 3. The van der Waals surface area contributed by atoms with Gasteiger partial charge in [0.25, 0.3) is 37.5 Å². The number of hydrogen-bond acceptors (Lipinski definition) is 12. The summed E-state index contributed by atoms with van der Waals surface area (Å²) in [6.07, 6.45) is 0. The van der Waals surface area contributed by atoms with Gasteiger partial charge in [-0.15, -0.1) is 0 Å². The topological polar surface area (TPSA) is 238 Å². The molecule has 6 bridgehead atoms.